The predicted molar refractivity (Wildman–Crippen MR) is 61.4 cm³/mol. The lowest BCUT2D eigenvalue weighted by molar-refractivity contribution is 0.301. The second-order valence-corrected chi connectivity index (χ2v) is 5.73. The van der Waals surface area contributed by atoms with Crippen molar-refractivity contribution in [3.8, 4) is 0 Å². The van der Waals surface area contributed by atoms with Crippen LogP contribution in [0, 0.1) is 0 Å². The standard InChI is InChI=1S/C8H9BrClNO3S/c9-7-5-6(1-2-8(7)10)15(13,14)11-3-4-12/h1-2,5,11-12H,3-4H2. The molecule has 1 aromatic rings. The molecule has 0 aliphatic carbocycles. The summed E-state index contributed by atoms with van der Waals surface area (Å²) >= 11 is 8.87. The van der Waals surface area contributed by atoms with Crippen molar-refractivity contribution in [2.75, 3.05) is 13.2 Å². The summed E-state index contributed by atoms with van der Waals surface area (Å²) in [6.45, 7) is -0.253. The Morgan fingerprint density at radius 3 is 2.67 bits per heavy atom. The van der Waals surface area contributed by atoms with Gasteiger partial charge in [-0.1, -0.05) is 11.6 Å². The van der Waals surface area contributed by atoms with E-state index in [1.165, 1.54) is 18.2 Å². The molecule has 0 aliphatic heterocycles. The van der Waals surface area contributed by atoms with Crippen LogP contribution in [0.15, 0.2) is 27.6 Å². The highest BCUT2D eigenvalue weighted by atomic mass is 79.9. The van der Waals surface area contributed by atoms with Crippen LogP contribution in [0.4, 0.5) is 0 Å². The van der Waals surface area contributed by atoms with E-state index in [-0.39, 0.29) is 18.0 Å². The molecule has 84 valence electrons. The molecule has 0 aromatic heterocycles. The molecule has 2 N–H and O–H groups in total. The fraction of sp³-hybridized carbons (Fsp3) is 0.250. The highest BCUT2D eigenvalue weighted by Gasteiger charge is 2.14. The molecule has 15 heavy (non-hydrogen) atoms. The molecule has 0 radical (unpaired) electrons. The van der Waals surface area contributed by atoms with Gasteiger partial charge in [0.15, 0.2) is 0 Å². The maximum atomic E-state index is 11.6. The van der Waals surface area contributed by atoms with Crippen LogP contribution in [0.1, 0.15) is 0 Å². The quantitative estimate of drug-likeness (QED) is 0.882. The molecule has 0 spiro atoms. The number of benzene rings is 1. The third-order valence-electron chi connectivity index (χ3n) is 1.61. The molecule has 0 unspecified atom stereocenters. The molecule has 0 fully saturated rings. The van der Waals surface area contributed by atoms with Gasteiger partial charge in [-0.05, 0) is 34.1 Å². The average molecular weight is 315 g/mol. The second-order valence-electron chi connectivity index (χ2n) is 2.70. The minimum atomic E-state index is -3.56. The van der Waals surface area contributed by atoms with Gasteiger partial charge in [0.05, 0.1) is 16.5 Å². The van der Waals surface area contributed by atoms with Crippen LogP contribution in [-0.4, -0.2) is 26.7 Å². The van der Waals surface area contributed by atoms with E-state index in [0.717, 1.165) is 0 Å². The second kappa shape index (κ2) is 5.27. The molecular formula is C8H9BrClNO3S. The van der Waals surface area contributed by atoms with Crippen LogP contribution in [0.3, 0.4) is 0 Å². The molecule has 0 saturated heterocycles. The summed E-state index contributed by atoms with van der Waals surface area (Å²) < 4.78 is 25.9. The Bertz CT molecular complexity index is 449. The number of aliphatic hydroxyl groups is 1. The Morgan fingerprint density at radius 1 is 1.47 bits per heavy atom. The summed E-state index contributed by atoms with van der Waals surface area (Å²) in [5.41, 5.74) is 0. The Balaban J connectivity index is 3.00. The van der Waals surface area contributed by atoms with Crippen molar-refractivity contribution in [1.82, 2.24) is 4.72 Å². The summed E-state index contributed by atoms with van der Waals surface area (Å²) in [5.74, 6) is 0. The monoisotopic (exact) mass is 313 g/mol. The number of nitrogens with one attached hydrogen (secondary N) is 1. The topological polar surface area (TPSA) is 66.4 Å². The number of hydrogen-bond donors (Lipinski definition) is 2. The molecule has 0 atom stereocenters. The molecule has 1 rings (SSSR count). The third kappa shape index (κ3) is 3.42. The minimum absolute atomic E-state index is 0.0113. The van der Waals surface area contributed by atoms with Crippen LogP contribution in [0.25, 0.3) is 0 Å². The van der Waals surface area contributed by atoms with Crippen molar-refractivity contribution in [2.24, 2.45) is 0 Å². The van der Waals surface area contributed by atoms with E-state index in [1.807, 2.05) is 0 Å². The number of rotatable bonds is 4. The maximum absolute atomic E-state index is 11.6. The fourth-order valence-electron chi connectivity index (χ4n) is 0.907. The third-order valence-corrected chi connectivity index (χ3v) is 4.28. The van der Waals surface area contributed by atoms with Crippen molar-refractivity contribution in [3.63, 3.8) is 0 Å². The number of hydrogen-bond acceptors (Lipinski definition) is 3. The van der Waals surface area contributed by atoms with Crippen LogP contribution < -0.4 is 4.72 Å². The molecule has 7 heteroatoms. The van der Waals surface area contributed by atoms with Crippen LogP contribution in [-0.2, 0) is 10.0 Å². The van der Waals surface area contributed by atoms with Crippen LogP contribution in [0.5, 0.6) is 0 Å². The molecule has 0 aliphatic rings. The molecule has 0 saturated carbocycles. The summed E-state index contributed by atoms with van der Waals surface area (Å²) in [6.07, 6.45) is 0. The van der Waals surface area contributed by atoms with Gasteiger partial charge in [-0.25, -0.2) is 13.1 Å². The van der Waals surface area contributed by atoms with E-state index >= 15 is 0 Å². The molecule has 1 aromatic carbocycles. The van der Waals surface area contributed by atoms with Crippen molar-refractivity contribution < 1.29 is 13.5 Å². The van der Waals surface area contributed by atoms with Gasteiger partial charge in [0.1, 0.15) is 0 Å². The summed E-state index contributed by atoms with van der Waals surface area (Å²) in [4.78, 5) is 0.104. The predicted octanol–water partition coefficient (Wildman–Crippen LogP) is 1.37. The number of sulfonamides is 1. The van der Waals surface area contributed by atoms with Gasteiger partial charge in [-0.15, -0.1) is 0 Å². The SMILES string of the molecule is O=S(=O)(NCCO)c1ccc(Cl)c(Br)c1. The maximum Gasteiger partial charge on any atom is 0.240 e. The average Bonchev–Trinajstić information content (AvgIpc) is 2.19. The molecular weight excluding hydrogens is 306 g/mol. The van der Waals surface area contributed by atoms with Gasteiger partial charge in [-0.2, -0.15) is 0 Å². The first-order valence-electron chi connectivity index (χ1n) is 4.03. The van der Waals surface area contributed by atoms with Crippen LogP contribution in [0.2, 0.25) is 5.02 Å². The smallest absolute Gasteiger partial charge is 0.240 e. The van der Waals surface area contributed by atoms with Crippen molar-refractivity contribution in [1.29, 1.82) is 0 Å². The first-order valence-corrected chi connectivity index (χ1v) is 6.68. The van der Waals surface area contributed by atoms with Gasteiger partial charge < -0.3 is 5.11 Å². The van der Waals surface area contributed by atoms with Crippen molar-refractivity contribution in [2.45, 2.75) is 4.90 Å². The first-order chi connectivity index (χ1) is 6.97. The Labute approximate surface area is 101 Å². The van der Waals surface area contributed by atoms with E-state index < -0.39 is 10.0 Å². The molecule has 0 amide bonds. The van der Waals surface area contributed by atoms with E-state index in [9.17, 15) is 8.42 Å². The minimum Gasteiger partial charge on any atom is -0.395 e. The highest BCUT2D eigenvalue weighted by molar-refractivity contribution is 9.10. The normalized spacial score (nSPS) is 11.7. The Morgan fingerprint density at radius 2 is 2.13 bits per heavy atom. The summed E-state index contributed by atoms with van der Waals surface area (Å²) in [6, 6.07) is 4.29. The fourth-order valence-corrected chi connectivity index (χ4v) is 2.60. The van der Waals surface area contributed by atoms with Crippen molar-refractivity contribution in [3.05, 3.63) is 27.7 Å². The largest absolute Gasteiger partial charge is 0.395 e. The van der Waals surface area contributed by atoms with Gasteiger partial charge >= 0.3 is 0 Å². The van der Waals surface area contributed by atoms with E-state index in [0.29, 0.717) is 9.50 Å². The number of halogens is 2. The van der Waals surface area contributed by atoms with Gasteiger partial charge in [0, 0.05) is 11.0 Å². The van der Waals surface area contributed by atoms with E-state index in [2.05, 4.69) is 20.7 Å². The lowest BCUT2D eigenvalue weighted by Gasteiger charge is -2.06. The van der Waals surface area contributed by atoms with Gasteiger partial charge in [-0.3, -0.25) is 0 Å². The zero-order chi connectivity index (χ0) is 11.5. The lowest BCUT2D eigenvalue weighted by atomic mass is 10.4. The number of aliphatic hydroxyl groups excluding tert-OH is 1. The zero-order valence-corrected chi connectivity index (χ0v) is 10.7. The van der Waals surface area contributed by atoms with Crippen molar-refractivity contribution >= 4 is 37.6 Å². The van der Waals surface area contributed by atoms with Gasteiger partial charge in [0.2, 0.25) is 10.0 Å². The zero-order valence-electron chi connectivity index (χ0n) is 7.57. The Hall–Kier alpha value is -0.140. The van der Waals surface area contributed by atoms with E-state index in [4.69, 9.17) is 16.7 Å². The molecule has 0 heterocycles. The summed E-state index contributed by atoms with van der Waals surface area (Å²) in [5, 5.41) is 8.96. The summed E-state index contributed by atoms with van der Waals surface area (Å²) in [7, 11) is -3.56. The van der Waals surface area contributed by atoms with E-state index in [1.54, 1.807) is 0 Å². The molecule has 0 bridgehead atoms. The van der Waals surface area contributed by atoms with Crippen LogP contribution >= 0.6 is 27.5 Å². The first kappa shape index (κ1) is 12.9. The Kier molecular flexibility index (Phi) is 4.54. The lowest BCUT2D eigenvalue weighted by Crippen LogP contribution is -2.26. The molecule has 4 nitrogen and oxygen atoms in total. The van der Waals surface area contributed by atoms with Gasteiger partial charge in [0.25, 0.3) is 0 Å². The highest BCUT2D eigenvalue weighted by Crippen LogP contribution is 2.25.